The van der Waals surface area contributed by atoms with Gasteiger partial charge in [-0.3, -0.25) is 9.78 Å². The fourth-order valence-electron chi connectivity index (χ4n) is 1.48. The quantitative estimate of drug-likeness (QED) is 0.629. The summed E-state index contributed by atoms with van der Waals surface area (Å²) in [6, 6.07) is 6.28. The third kappa shape index (κ3) is 2.21. The number of hydrogen-bond acceptors (Lipinski definition) is 4. The number of ketones is 1. The number of rotatable bonds is 2. The molecule has 0 saturated heterocycles. The van der Waals surface area contributed by atoms with Gasteiger partial charge in [0.05, 0.1) is 5.56 Å². The van der Waals surface area contributed by atoms with E-state index in [1.54, 1.807) is 18.2 Å². The Morgan fingerprint density at radius 1 is 1.12 bits per heavy atom. The molecule has 0 atom stereocenters. The van der Waals surface area contributed by atoms with Crippen molar-refractivity contribution in [1.82, 2.24) is 4.98 Å². The summed E-state index contributed by atoms with van der Waals surface area (Å²) in [5.74, 6) is -0.259. The third-order valence-electron chi connectivity index (χ3n) is 2.36. The molecule has 86 valence electrons. The molecule has 2 rings (SSSR count). The van der Waals surface area contributed by atoms with E-state index in [2.05, 4.69) is 4.98 Å². The lowest BCUT2D eigenvalue weighted by molar-refractivity contribution is 0.104. The van der Waals surface area contributed by atoms with Gasteiger partial charge in [0, 0.05) is 34.4 Å². The van der Waals surface area contributed by atoms with Crippen LogP contribution in [0.3, 0.4) is 0 Å². The van der Waals surface area contributed by atoms with Gasteiger partial charge in [-0.15, -0.1) is 0 Å². The second kappa shape index (κ2) is 4.43. The second-order valence-electron chi connectivity index (χ2n) is 3.52. The van der Waals surface area contributed by atoms with Crippen LogP contribution in [-0.2, 0) is 0 Å². The van der Waals surface area contributed by atoms with Gasteiger partial charge in [0.25, 0.3) is 0 Å². The van der Waals surface area contributed by atoms with E-state index in [9.17, 15) is 4.79 Å². The van der Waals surface area contributed by atoms with Crippen molar-refractivity contribution in [1.29, 1.82) is 0 Å². The lowest BCUT2D eigenvalue weighted by Gasteiger charge is -2.06. The Hall–Kier alpha value is -2.07. The second-order valence-corrected chi connectivity index (χ2v) is 3.96. The van der Waals surface area contributed by atoms with Crippen molar-refractivity contribution < 1.29 is 4.79 Å². The average molecular weight is 248 g/mol. The Kier molecular flexibility index (Phi) is 2.97. The van der Waals surface area contributed by atoms with E-state index in [0.717, 1.165) is 0 Å². The SMILES string of the molecule is Nc1cc(Cl)ccc1C(=O)c1cnccc1N. The van der Waals surface area contributed by atoms with Gasteiger partial charge in [0.2, 0.25) is 0 Å². The number of halogens is 1. The maximum absolute atomic E-state index is 12.2. The van der Waals surface area contributed by atoms with Crippen LogP contribution in [-0.4, -0.2) is 10.8 Å². The lowest BCUT2D eigenvalue weighted by atomic mass is 10.0. The Balaban J connectivity index is 2.48. The van der Waals surface area contributed by atoms with E-state index in [0.29, 0.717) is 27.5 Å². The topological polar surface area (TPSA) is 82.0 Å². The standard InChI is InChI=1S/C12H10ClN3O/c13-7-1-2-8(11(15)5-7)12(17)9-6-16-4-3-10(9)14/h1-6H,15H2,(H2,14,16). The summed E-state index contributed by atoms with van der Waals surface area (Å²) >= 11 is 5.77. The zero-order valence-electron chi connectivity index (χ0n) is 8.85. The predicted octanol–water partition coefficient (Wildman–Crippen LogP) is 2.13. The van der Waals surface area contributed by atoms with Gasteiger partial charge in [-0.1, -0.05) is 11.6 Å². The van der Waals surface area contributed by atoms with Crippen LogP contribution in [0, 0.1) is 0 Å². The molecule has 0 unspecified atom stereocenters. The Bertz CT molecular complexity index is 584. The summed E-state index contributed by atoms with van der Waals surface area (Å²) < 4.78 is 0. The lowest BCUT2D eigenvalue weighted by Crippen LogP contribution is -2.08. The first kappa shape index (κ1) is 11.4. The highest BCUT2D eigenvalue weighted by Gasteiger charge is 2.15. The van der Waals surface area contributed by atoms with Crippen molar-refractivity contribution in [3.05, 3.63) is 52.8 Å². The molecule has 0 aliphatic rings. The van der Waals surface area contributed by atoms with Crippen LogP contribution < -0.4 is 11.5 Å². The smallest absolute Gasteiger partial charge is 0.198 e. The molecule has 4 nitrogen and oxygen atoms in total. The molecular weight excluding hydrogens is 238 g/mol. The maximum atomic E-state index is 12.2. The fraction of sp³-hybridized carbons (Fsp3) is 0. The van der Waals surface area contributed by atoms with Crippen molar-refractivity contribution in [2.24, 2.45) is 0 Å². The first-order valence-electron chi connectivity index (χ1n) is 4.89. The minimum atomic E-state index is -0.259. The molecule has 0 spiro atoms. The summed E-state index contributed by atoms with van der Waals surface area (Å²) in [5.41, 5.74) is 12.9. The molecular formula is C12H10ClN3O. The molecule has 0 aliphatic carbocycles. The molecule has 0 bridgehead atoms. The van der Waals surface area contributed by atoms with Crippen LogP contribution in [0.4, 0.5) is 11.4 Å². The van der Waals surface area contributed by atoms with E-state index in [-0.39, 0.29) is 5.78 Å². The van der Waals surface area contributed by atoms with Gasteiger partial charge in [-0.05, 0) is 24.3 Å². The van der Waals surface area contributed by atoms with Crippen LogP contribution >= 0.6 is 11.6 Å². The number of nitrogens with two attached hydrogens (primary N) is 2. The molecule has 0 amide bonds. The van der Waals surface area contributed by atoms with Crippen LogP contribution in [0.2, 0.25) is 5.02 Å². The highest BCUT2D eigenvalue weighted by atomic mass is 35.5. The zero-order chi connectivity index (χ0) is 12.4. The average Bonchev–Trinajstić information content (AvgIpc) is 2.29. The zero-order valence-corrected chi connectivity index (χ0v) is 9.61. The van der Waals surface area contributed by atoms with Crippen LogP contribution in [0.1, 0.15) is 15.9 Å². The minimum Gasteiger partial charge on any atom is -0.398 e. The van der Waals surface area contributed by atoms with Crippen LogP contribution in [0.5, 0.6) is 0 Å². The number of benzene rings is 1. The number of nitrogens with zero attached hydrogens (tertiary/aromatic N) is 1. The van der Waals surface area contributed by atoms with Crippen molar-refractivity contribution >= 4 is 28.8 Å². The number of hydrogen-bond donors (Lipinski definition) is 2. The maximum Gasteiger partial charge on any atom is 0.198 e. The molecule has 1 aromatic heterocycles. The Labute approximate surface area is 103 Å². The van der Waals surface area contributed by atoms with Crippen molar-refractivity contribution in [3.8, 4) is 0 Å². The van der Waals surface area contributed by atoms with E-state index in [4.69, 9.17) is 23.1 Å². The Morgan fingerprint density at radius 2 is 1.88 bits per heavy atom. The molecule has 4 N–H and O–H groups in total. The van der Waals surface area contributed by atoms with E-state index < -0.39 is 0 Å². The molecule has 0 saturated carbocycles. The van der Waals surface area contributed by atoms with E-state index in [1.807, 2.05) is 0 Å². The number of carbonyl (C=O) groups is 1. The molecule has 2 aromatic rings. The predicted molar refractivity (Wildman–Crippen MR) is 67.9 cm³/mol. The Morgan fingerprint density at radius 3 is 2.53 bits per heavy atom. The summed E-state index contributed by atoms with van der Waals surface area (Å²) in [6.07, 6.45) is 2.95. The number of nitrogen functional groups attached to an aromatic ring is 2. The molecule has 5 heteroatoms. The first-order valence-corrected chi connectivity index (χ1v) is 5.26. The highest BCUT2D eigenvalue weighted by Crippen LogP contribution is 2.22. The summed E-state index contributed by atoms with van der Waals surface area (Å²) in [7, 11) is 0. The largest absolute Gasteiger partial charge is 0.398 e. The molecule has 0 radical (unpaired) electrons. The number of aromatic nitrogens is 1. The van der Waals surface area contributed by atoms with Gasteiger partial charge < -0.3 is 11.5 Å². The van der Waals surface area contributed by atoms with E-state index >= 15 is 0 Å². The highest BCUT2D eigenvalue weighted by molar-refractivity contribution is 6.31. The number of carbonyl (C=O) groups excluding carboxylic acids is 1. The van der Waals surface area contributed by atoms with Crippen LogP contribution in [0.15, 0.2) is 36.7 Å². The normalized spacial score (nSPS) is 10.2. The van der Waals surface area contributed by atoms with Gasteiger partial charge in [-0.25, -0.2) is 0 Å². The number of anilines is 2. The third-order valence-corrected chi connectivity index (χ3v) is 2.59. The minimum absolute atomic E-state index is 0.259. The molecule has 0 aliphatic heterocycles. The first-order chi connectivity index (χ1) is 8.09. The van der Waals surface area contributed by atoms with Gasteiger partial charge >= 0.3 is 0 Å². The van der Waals surface area contributed by atoms with E-state index in [1.165, 1.54) is 18.5 Å². The van der Waals surface area contributed by atoms with Gasteiger partial charge in [0.1, 0.15) is 0 Å². The summed E-state index contributed by atoms with van der Waals surface area (Å²) in [6.45, 7) is 0. The van der Waals surface area contributed by atoms with Crippen molar-refractivity contribution in [3.63, 3.8) is 0 Å². The van der Waals surface area contributed by atoms with Gasteiger partial charge in [-0.2, -0.15) is 0 Å². The molecule has 1 aromatic carbocycles. The van der Waals surface area contributed by atoms with Crippen molar-refractivity contribution in [2.75, 3.05) is 11.5 Å². The molecule has 0 fully saturated rings. The summed E-state index contributed by atoms with van der Waals surface area (Å²) in [4.78, 5) is 16.0. The fourth-order valence-corrected chi connectivity index (χ4v) is 1.66. The molecule has 1 heterocycles. The van der Waals surface area contributed by atoms with Crippen LogP contribution in [0.25, 0.3) is 0 Å². The van der Waals surface area contributed by atoms with Gasteiger partial charge in [0.15, 0.2) is 5.78 Å². The molecule has 17 heavy (non-hydrogen) atoms. The monoisotopic (exact) mass is 247 g/mol. The number of pyridine rings is 1. The van der Waals surface area contributed by atoms with Crippen molar-refractivity contribution in [2.45, 2.75) is 0 Å². The summed E-state index contributed by atoms with van der Waals surface area (Å²) in [5, 5.41) is 0.484.